The van der Waals surface area contributed by atoms with Crippen molar-refractivity contribution in [2.45, 2.75) is 6.42 Å². The summed E-state index contributed by atoms with van der Waals surface area (Å²) >= 11 is 5.72. The smallest absolute Gasteiger partial charge is 0.166 e. The van der Waals surface area contributed by atoms with Gasteiger partial charge in [-0.25, -0.2) is 9.37 Å². The van der Waals surface area contributed by atoms with Gasteiger partial charge in [0, 0.05) is 18.2 Å². The predicted octanol–water partition coefficient (Wildman–Crippen LogP) is 4.16. The highest BCUT2D eigenvalue weighted by atomic mass is 35.5. The van der Waals surface area contributed by atoms with Gasteiger partial charge < -0.3 is 0 Å². The third-order valence-corrected chi connectivity index (χ3v) is 2.74. The molecule has 0 radical (unpaired) electrons. The summed E-state index contributed by atoms with van der Waals surface area (Å²) in [6.07, 6.45) is 5.28. The number of hydrogen-bond acceptors (Lipinski definition) is 2. The Morgan fingerprint density at radius 1 is 1.26 bits per heavy atom. The number of carbonyl (C=O) groups excluding carboxylic acids is 1. The summed E-state index contributed by atoms with van der Waals surface area (Å²) in [5.41, 5.74) is 1.38. The molecule has 0 aliphatic carbocycles. The lowest BCUT2D eigenvalue weighted by molar-refractivity contribution is 0.0996. The number of ketones is 1. The fourth-order valence-corrected chi connectivity index (χ4v) is 1.74. The average Bonchev–Trinajstić information content (AvgIpc) is 2.41. The molecule has 0 aliphatic rings. The molecular weight excluding hydrogens is 265 g/mol. The summed E-state index contributed by atoms with van der Waals surface area (Å²) in [6, 6.07) is 9.23. The number of pyridine rings is 1. The van der Waals surface area contributed by atoms with Gasteiger partial charge in [-0.15, -0.1) is 0 Å². The average molecular weight is 276 g/mol. The first-order valence-electron chi connectivity index (χ1n) is 5.72. The van der Waals surface area contributed by atoms with Crippen molar-refractivity contribution in [3.05, 3.63) is 70.8 Å². The topological polar surface area (TPSA) is 30.0 Å². The molecule has 2 aromatic rings. The number of hydrogen-bond donors (Lipinski definition) is 0. The predicted molar refractivity (Wildman–Crippen MR) is 73.6 cm³/mol. The molecule has 0 fully saturated rings. The van der Waals surface area contributed by atoms with Crippen molar-refractivity contribution in [3.8, 4) is 0 Å². The van der Waals surface area contributed by atoms with Crippen molar-refractivity contribution in [2.24, 2.45) is 0 Å². The normalized spacial score (nSPS) is 10.8. The molecule has 19 heavy (non-hydrogen) atoms. The second kappa shape index (κ2) is 6.25. The van der Waals surface area contributed by atoms with E-state index in [1.165, 1.54) is 24.4 Å². The molecule has 2 nitrogen and oxygen atoms in total. The summed E-state index contributed by atoms with van der Waals surface area (Å²) in [7, 11) is 0. The minimum absolute atomic E-state index is 0.0392. The first-order chi connectivity index (χ1) is 9.15. The van der Waals surface area contributed by atoms with E-state index in [0.29, 0.717) is 10.7 Å². The van der Waals surface area contributed by atoms with E-state index in [2.05, 4.69) is 4.98 Å². The molecule has 96 valence electrons. The number of halogens is 2. The molecule has 0 saturated carbocycles. The lowest BCUT2D eigenvalue weighted by atomic mass is 10.1. The van der Waals surface area contributed by atoms with Crippen molar-refractivity contribution in [2.75, 3.05) is 0 Å². The van der Waals surface area contributed by atoms with Gasteiger partial charge in [-0.3, -0.25) is 4.79 Å². The molecular formula is C15H11ClFNO. The van der Waals surface area contributed by atoms with E-state index in [9.17, 15) is 9.18 Å². The molecule has 0 aliphatic heterocycles. The SMILES string of the molecule is O=C(C/C=C/c1ccc(F)cc1)c1ccnc(Cl)c1. The third-order valence-electron chi connectivity index (χ3n) is 2.53. The Kier molecular flexibility index (Phi) is 4.42. The fraction of sp³-hybridized carbons (Fsp3) is 0.0667. The first-order valence-corrected chi connectivity index (χ1v) is 6.10. The molecule has 1 aromatic carbocycles. The Labute approximate surface area is 115 Å². The van der Waals surface area contributed by atoms with E-state index in [1.807, 2.05) is 0 Å². The van der Waals surface area contributed by atoms with Gasteiger partial charge in [0.15, 0.2) is 5.78 Å². The van der Waals surface area contributed by atoms with Gasteiger partial charge >= 0.3 is 0 Å². The Bertz CT molecular complexity index is 608. The molecule has 0 N–H and O–H groups in total. The van der Waals surface area contributed by atoms with Crippen LogP contribution in [-0.2, 0) is 0 Å². The largest absolute Gasteiger partial charge is 0.294 e. The zero-order valence-corrected chi connectivity index (χ0v) is 10.8. The van der Waals surface area contributed by atoms with Crippen molar-refractivity contribution >= 4 is 23.5 Å². The van der Waals surface area contributed by atoms with Gasteiger partial charge in [0.05, 0.1) is 0 Å². The number of benzene rings is 1. The Morgan fingerprint density at radius 2 is 2.00 bits per heavy atom. The monoisotopic (exact) mass is 275 g/mol. The maximum Gasteiger partial charge on any atom is 0.166 e. The molecule has 0 atom stereocenters. The van der Waals surface area contributed by atoms with E-state index in [1.54, 1.807) is 30.4 Å². The lowest BCUT2D eigenvalue weighted by Crippen LogP contribution is -1.97. The maximum absolute atomic E-state index is 12.7. The lowest BCUT2D eigenvalue weighted by Gasteiger charge is -1.98. The van der Waals surface area contributed by atoms with E-state index >= 15 is 0 Å². The number of aromatic nitrogens is 1. The van der Waals surface area contributed by atoms with E-state index < -0.39 is 0 Å². The molecule has 4 heteroatoms. The highest BCUT2D eigenvalue weighted by Crippen LogP contribution is 2.11. The second-order valence-corrected chi connectivity index (χ2v) is 4.34. The Morgan fingerprint density at radius 3 is 2.68 bits per heavy atom. The Hall–Kier alpha value is -2.00. The summed E-state index contributed by atoms with van der Waals surface area (Å²) in [4.78, 5) is 15.7. The van der Waals surface area contributed by atoms with Crippen LogP contribution < -0.4 is 0 Å². The van der Waals surface area contributed by atoms with Crippen LogP contribution in [-0.4, -0.2) is 10.8 Å². The summed E-state index contributed by atoms with van der Waals surface area (Å²) in [6.45, 7) is 0. The van der Waals surface area contributed by atoms with E-state index in [4.69, 9.17) is 11.6 Å². The van der Waals surface area contributed by atoms with Crippen LogP contribution >= 0.6 is 11.6 Å². The second-order valence-electron chi connectivity index (χ2n) is 3.95. The van der Waals surface area contributed by atoms with Crippen LogP contribution in [0.1, 0.15) is 22.3 Å². The van der Waals surface area contributed by atoms with Crippen LogP contribution in [0.25, 0.3) is 6.08 Å². The quantitative estimate of drug-likeness (QED) is 0.619. The zero-order chi connectivity index (χ0) is 13.7. The van der Waals surface area contributed by atoms with Crippen LogP contribution in [0.3, 0.4) is 0 Å². The molecule has 0 bridgehead atoms. The molecule has 0 unspecified atom stereocenters. The van der Waals surface area contributed by atoms with Crippen LogP contribution in [0.15, 0.2) is 48.7 Å². The molecule has 1 heterocycles. The minimum Gasteiger partial charge on any atom is -0.294 e. The highest BCUT2D eigenvalue weighted by Gasteiger charge is 2.04. The zero-order valence-electron chi connectivity index (χ0n) is 10.0. The van der Waals surface area contributed by atoms with Gasteiger partial charge in [0.2, 0.25) is 0 Å². The standard InChI is InChI=1S/C15H11ClFNO/c16-15-10-12(8-9-18-15)14(19)3-1-2-11-4-6-13(17)7-5-11/h1-2,4-10H,3H2/b2-1+. The van der Waals surface area contributed by atoms with E-state index in [-0.39, 0.29) is 18.0 Å². The number of rotatable bonds is 4. The number of carbonyl (C=O) groups is 1. The molecule has 0 amide bonds. The molecule has 2 rings (SSSR count). The molecule has 0 saturated heterocycles. The highest BCUT2D eigenvalue weighted by molar-refractivity contribution is 6.29. The van der Waals surface area contributed by atoms with Crippen LogP contribution in [0.4, 0.5) is 4.39 Å². The number of allylic oxidation sites excluding steroid dienone is 1. The van der Waals surface area contributed by atoms with Crippen molar-refractivity contribution in [1.29, 1.82) is 0 Å². The molecule has 0 spiro atoms. The maximum atomic E-state index is 12.7. The van der Waals surface area contributed by atoms with Gasteiger partial charge in [0.25, 0.3) is 0 Å². The van der Waals surface area contributed by atoms with Crippen molar-refractivity contribution in [1.82, 2.24) is 4.98 Å². The number of Topliss-reactive ketones (excluding diaryl/α,β-unsaturated/α-hetero) is 1. The van der Waals surface area contributed by atoms with Gasteiger partial charge in [-0.05, 0) is 29.8 Å². The Balaban J connectivity index is 1.98. The van der Waals surface area contributed by atoms with Crippen molar-refractivity contribution in [3.63, 3.8) is 0 Å². The van der Waals surface area contributed by atoms with Gasteiger partial charge in [0.1, 0.15) is 11.0 Å². The summed E-state index contributed by atoms with van der Waals surface area (Å²) in [5, 5.41) is 0.299. The summed E-state index contributed by atoms with van der Waals surface area (Å²) in [5.74, 6) is -0.317. The molecule has 1 aromatic heterocycles. The summed E-state index contributed by atoms with van der Waals surface area (Å²) < 4.78 is 12.7. The van der Waals surface area contributed by atoms with Crippen LogP contribution in [0.2, 0.25) is 5.15 Å². The minimum atomic E-state index is -0.278. The van der Waals surface area contributed by atoms with Crippen LogP contribution in [0, 0.1) is 5.82 Å². The van der Waals surface area contributed by atoms with E-state index in [0.717, 1.165) is 5.56 Å². The number of nitrogens with zero attached hydrogens (tertiary/aromatic N) is 1. The first kappa shape index (κ1) is 13.4. The van der Waals surface area contributed by atoms with Gasteiger partial charge in [-0.2, -0.15) is 0 Å². The van der Waals surface area contributed by atoms with Gasteiger partial charge in [-0.1, -0.05) is 35.9 Å². The van der Waals surface area contributed by atoms with Crippen LogP contribution in [0.5, 0.6) is 0 Å². The van der Waals surface area contributed by atoms with Crippen molar-refractivity contribution < 1.29 is 9.18 Å². The fourth-order valence-electron chi connectivity index (χ4n) is 1.57. The third kappa shape index (κ3) is 4.00.